The van der Waals surface area contributed by atoms with Gasteiger partial charge in [-0.15, -0.1) is 0 Å². The number of hydrogen-bond donors (Lipinski definition) is 1. The van der Waals surface area contributed by atoms with Gasteiger partial charge in [0, 0.05) is 8.95 Å². The Morgan fingerprint density at radius 2 is 1.89 bits per heavy atom. The van der Waals surface area contributed by atoms with Crippen LogP contribution in [0.5, 0.6) is 0 Å². The number of hydrogen-bond acceptors (Lipinski definition) is 2. The molecule has 0 unspecified atom stereocenters. The third-order valence-electron chi connectivity index (χ3n) is 2.13. The molecule has 1 aromatic carbocycles. The molecule has 6 heteroatoms. The molecule has 0 aliphatic carbocycles. The first-order valence-electron chi connectivity index (χ1n) is 4.95. The number of halogens is 3. The Morgan fingerprint density at radius 1 is 1.11 bits per heavy atom. The van der Waals surface area contributed by atoms with Crippen LogP contribution in [-0.2, 0) is 0 Å². The quantitative estimate of drug-likeness (QED) is 0.701. The molecule has 0 aliphatic rings. The van der Waals surface area contributed by atoms with Gasteiger partial charge in [0.1, 0.15) is 10.3 Å². The molecule has 0 atom stereocenters. The second-order valence-corrected chi connectivity index (χ2v) is 6.01. The fourth-order valence-corrected chi connectivity index (χ4v) is 2.80. The van der Waals surface area contributed by atoms with Gasteiger partial charge in [0.05, 0.1) is 5.69 Å². The van der Waals surface area contributed by atoms with E-state index in [2.05, 4.69) is 58.1 Å². The minimum absolute atomic E-state index is 0.251. The highest BCUT2D eigenvalue weighted by molar-refractivity contribution is 9.11. The van der Waals surface area contributed by atoms with Crippen LogP contribution >= 0.6 is 47.8 Å². The first-order valence-corrected chi connectivity index (χ1v) is 7.33. The summed E-state index contributed by atoms with van der Waals surface area (Å²) in [5.74, 6) is -0.251. The molecule has 0 fully saturated rings. The Morgan fingerprint density at radius 3 is 2.56 bits per heavy atom. The summed E-state index contributed by atoms with van der Waals surface area (Å²) < 4.78 is 2.37. The summed E-state index contributed by atoms with van der Waals surface area (Å²) in [6.07, 6.45) is 0. The lowest BCUT2D eigenvalue weighted by atomic mass is 10.3. The Hall–Kier alpha value is -0.720. The number of nitrogens with one attached hydrogen (secondary N) is 1. The monoisotopic (exact) mass is 432 g/mol. The molecule has 1 N–H and O–H groups in total. The highest BCUT2D eigenvalue weighted by atomic mass is 79.9. The van der Waals surface area contributed by atoms with Crippen molar-refractivity contribution in [2.45, 2.75) is 0 Å². The summed E-state index contributed by atoms with van der Waals surface area (Å²) in [6.45, 7) is 0. The first kappa shape index (κ1) is 13.7. The average molecular weight is 435 g/mol. The molecule has 0 radical (unpaired) electrons. The van der Waals surface area contributed by atoms with Crippen molar-refractivity contribution in [3.63, 3.8) is 0 Å². The van der Waals surface area contributed by atoms with E-state index < -0.39 is 0 Å². The largest absolute Gasteiger partial charge is 0.320 e. The molecule has 0 saturated carbocycles. The summed E-state index contributed by atoms with van der Waals surface area (Å²) >= 11 is 9.98. The van der Waals surface area contributed by atoms with E-state index in [4.69, 9.17) is 0 Å². The zero-order chi connectivity index (χ0) is 13.1. The molecule has 1 aromatic heterocycles. The van der Waals surface area contributed by atoms with Crippen LogP contribution in [0, 0.1) is 0 Å². The Bertz CT molecular complexity index is 602. The van der Waals surface area contributed by atoms with Gasteiger partial charge in [0.2, 0.25) is 0 Å². The molecule has 0 spiro atoms. The van der Waals surface area contributed by atoms with Crippen LogP contribution in [0.25, 0.3) is 0 Å². The van der Waals surface area contributed by atoms with Gasteiger partial charge in [0.25, 0.3) is 5.91 Å². The van der Waals surface area contributed by atoms with Gasteiger partial charge in [0.15, 0.2) is 0 Å². The number of pyridine rings is 1. The number of carbonyl (C=O) groups excluding carboxylic acids is 1. The van der Waals surface area contributed by atoms with Crippen molar-refractivity contribution in [3.05, 3.63) is 55.6 Å². The van der Waals surface area contributed by atoms with E-state index in [1.165, 1.54) is 0 Å². The molecule has 18 heavy (non-hydrogen) atoms. The molecule has 2 aromatic rings. The maximum absolute atomic E-state index is 12.0. The maximum Gasteiger partial charge on any atom is 0.274 e. The van der Waals surface area contributed by atoms with Gasteiger partial charge in [-0.05, 0) is 62.2 Å². The number of rotatable bonds is 2. The van der Waals surface area contributed by atoms with Gasteiger partial charge in [-0.25, -0.2) is 4.98 Å². The summed E-state index contributed by atoms with van der Waals surface area (Å²) in [7, 11) is 0. The van der Waals surface area contributed by atoms with Gasteiger partial charge >= 0.3 is 0 Å². The number of nitrogens with zero attached hydrogens (tertiary/aromatic N) is 1. The Labute approximate surface area is 129 Å². The van der Waals surface area contributed by atoms with Crippen molar-refractivity contribution in [2.75, 3.05) is 5.32 Å². The zero-order valence-corrected chi connectivity index (χ0v) is 13.7. The fourth-order valence-electron chi connectivity index (χ4n) is 1.31. The molecule has 2 rings (SSSR count). The second-order valence-electron chi connectivity index (χ2n) is 3.42. The highest BCUT2D eigenvalue weighted by Gasteiger charge is 2.09. The van der Waals surface area contributed by atoms with E-state index in [-0.39, 0.29) is 5.91 Å². The summed E-state index contributed by atoms with van der Waals surface area (Å²) in [4.78, 5) is 16.1. The molecular formula is C12H7Br3N2O. The topological polar surface area (TPSA) is 42.0 Å². The molecule has 1 amide bonds. The standard InChI is InChI=1S/C12H7Br3N2O/c13-7-4-5-9(8(14)6-7)17-12(18)10-2-1-3-11(15)16-10/h1-6H,(H,17,18). The van der Waals surface area contributed by atoms with E-state index in [1.54, 1.807) is 18.2 Å². The van der Waals surface area contributed by atoms with Crippen molar-refractivity contribution >= 4 is 59.4 Å². The van der Waals surface area contributed by atoms with E-state index in [9.17, 15) is 4.79 Å². The van der Waals surface area contributed by atoms with Crippen LogP contribution in [-0.4, -0.2) is 10.9 Å². The zero-order valence-electron chi connectivity index (χ0n) is 8.95. The number of anilines is 1. The Kier molecular flexibility index (Phi) is 4.53. The number of carbonyl (C=O) groups is 1. The van der Waals surface area contributed by atoms with E-state index in [1.807, 2.05) is 18.2 Å². The van der Waals surface area contributed by atoms with Crippen LogP contribution in [0.3, 0.4) is 0 Å². The lowest BCUT2D eigenvalue weighted by molar-refractivity contribution is 0.102. The van der Waals surface area contributed by atoms with Gasteiger partial charge in [-0.1, -0.05) is 22.0 Å². The SMILES string of the molecule is O=C(Nc1ccc(Br)cc1Br)c1cccc(Br)n1. The number of amides is 1. The fraction of sp³-hybridized carbons (Fsp3) is 0. The molecule has 0 saturated heterocycles. The summed E-state index contributed by atoms with van der Waals surface area (Å²) in [5, 5.41) is 2.79. The molecule has 92 valence electrons. The van der Waals surface area contributed by atoms with E-state index >= 15 is 0 Å². The van der Waals surface area contributed by atoms with Crippen LogP contribution in [0.4, 0.5) is 5.69 Å². The molecule has 3 nitrogen and oxygen atoms in total. The smallest absolute Gasteiger partial charge is 0.274 e. The van der Waals surface area contributed by atoms with Gasteiger partial charge < -0.3 is 5.32 Å². The van der Waals surface area contributed by atoms with Crippen LogP contribution in [0.1, 0.15) is 10.5 Å². The van der Waals surface area contributed by atoms with Crippen molar-refractivity contribution in [1.29, 1.82) is 0 Å². The average Bonchev–Trinajstić information content (AvgIpc) is 2.32. The normalized spacial score (nSPS) is 10.2. The summed E-state index contributed by atoms with van der Waals surface area (Å²) in [6, 6.07) is 10.7. The maximum atomic E-state index is 12.0. The minimum Gasteiger partial charge on any atom is -0.320 e. The van der Waals surface area contributed by atoms with Crippen molar-refractivity contribution < 1.29 is 4.79 Å². The highest BCUT2D eigenvalue weighted by Crippen LogP contribution is 2.26. The first-order chi connectivity index (χ1) is 8.56. The number of benzene rings is 1. The predicted octanol–water partition coefficient (Wildman–Crippen LogP) is 4.62. The van der Waals surface area contributed by atoms with Crippen molar-refractivity contribution in [2.24, 2.45) is 0 Å². The molecule has 0 bridgehead atoms. The van der Waals surface area contributed by atoms with Crippen LogP contribution < -0.4 is 5.32 Å². The van der Waals surface area contributed by atoms with Crippen molar-refractivity contribution in [1.82, 2.24) is 4.98 Å². The van der Waals surface area contributed by atoms with Crippen LogP contribution in [0.15, 0.2) is 49.9 Å². The van der Waals surface area contributed by atoms with Gasteiger partial charge in [-0.3, -0.25) is 4.79 Å². The van der Waals surface area contributed by atoms with E-state index in [0.717, 1.165) is 8.95 Å². The van der Waals surface area contributed by atoms with Crippen molar-refractivity contribution in [3.8, 4) is 0 Å². The third-order valence-corrected chi connectivity index (χ3v) is 3.72. The number of aromatic nitrogens is 1. The lowest BCUT2D eigenvalue weighted by Crippen LogP contribution is -2.13. The third kappa shape index (κ3) is 3.40. The van der Waals surface area contributed by atoms with Crippen LogP contribution in [0.2, 0.25) is 0 Å². The Balaban J connectivity index is 2.21. The molecule has 0 aliphatic heterocycles. The molecule has 1 heterocycles. The predicted molar refractivity (Wildman–Crippen MR) is 81.7 cm³/mol. The summed E-state index contributed by atoms with van der Waals surface area (Å²) in [5.41, 5.74) is 1.06. The second kappa shape index (κ2) is 5.95. The molecular weight excluding hydrogens is 428 g/mol. The van der Waals surface area contributed by atoms with Gasteiger partial charge in [-0.2, -0.15) is 0 Å². The lowest BCUT2D eigenvalue weighted by Gasteiger charge is -2.07. The minimum atomic E-state index is -0.251. The van der Waals surface area contributed by atoms with E-state index in [0.29, 0.717) is 16.0 Å².